The van der Waals surface area contributed by atoms with Crippen LogP contribution in [0.15, 0.2) is 110 Å². The number of likely N-dealkylation sites (tertiary alicyclic amines) is 1. The summed E-state index contributed by atoms with van der Waals surface area (Å²) in [6.07, 6.45) is 8.82. The van der Waals surface area contributed by atoms with Crippen LogP contribution < -0.4 is 29.0 Å². The molecular weight excluding hydrogens is 783 g/mol. The number of ether oxygens (including phenoxy) is 5. The monoisotopic (exact) mass is 847 g/mol. The molecule has 1 aliphatic heterocycles. The van der Waals surface area contributed by atoms with E-state index in [0.29, 0.717) is 43.2 Å². The molecule has 326 valence electrons. The van der Waals surface area contributed by atoms with Gasteiger partial charge in [-0.2, -0.15) is 0 Å². The van der Waals surface area contributed by atoms with Gasteiger partial charge in [-0.15, -0.1) is 6.58 Å². The van der Waals surface area contributed by atoms with Crippen LogP contribution in [0.4, 0.5) is 0 Å². The standard InChI is InChI=1S/C51H65NO8Si/c1-8-20-41(36-58-35-37-28-30-40(55-5)31-29-37)59-50(54)44-27-18-19-32-52(44)49(53)47(38-21-12-9-13-22-38)39-33-45(56-6)48(57-7)46(34-39)60-61(51(2,3)4,42-23-14-10-15-24-42)43-25-16-11-17-26-43/h8,10-11,14-17,23-26,28-31,33-34,38,41,44,47H,1,9,12-13,18-22,27,32,35-36H2,2-7H3/t41-,44-,47-/m0/s1. The number of hydrogen-bond acceptors (Lipinski definition) is 8. The maximum absolute atomic E-state index is 15.4. The third-order valence-corrected chi connectivity index (χ3v) is 17.3. The van der Waals surface area contributed by atoms with E-state index in [1.165, 1.54) is 0 Å². The van der Waals surface area contributed by atoms with Gasteiger partial charge in [0.05, 0.1) is 40.5 Å². The molecule has 4 aromatic rings. The van der Waals surface area contributed by atoms with Crippen molar-refractivity contribution in [2.75, 3.05) is 34.5 Å². The number of rotatable bonds is 18. The summed E-state index contributed by atoms with van der Waals surface area (Å²) < 4.78 is 37.3. The van der Waals surface area contributed by atoms with Crippen molar-refractivity contribution in [3.63, 3.8) is 0 Å². The predicted octanol–water partition coefficient (Wildman–Crippen LogP) is 9.40. The summed E-state index contributed by atoms with van der Waals surface area (Å²) in [5.74, 6) is 1.36. The highest BCUT2D eigenvalue weighted by Crippen LogP contribution is 2.48. The van der Waals surface area contributed by atoms with Gasteiger partial charge in [0.25, 0.3) is 0 Å². The van der Waals surface area contributed by atoms with Crippen LogP contribution in [-0.2, 0) is 25.7 Å². The first-order chi connectivity index (χ1) is 29.5. The molecule has 2 aliphatic rings. The fraction of sp³-hybridized carbons (Fsp3) is 0.451. The molecular formula is C51H65NO8Si. The summed E-state index contributed by atoms with van der Waals surface area (Å²) in [5, 5.41) is 1.92. The molecule has 3 atom stereocenters. The minimum absolute atomic E-state index is 0.0619. The van der Waals surface area contributed by atoms with Crippen molar-refractivity contribution in [2.24, 2.45) is 5.92 Å². The van der Waals surface area contributed by atoms with Gasteiger partial charge in [0, 0.05) is 13.0 Å². The molecule has 4 aromatic carbocycles. The minimum atomic E-state index is -3.13. The summed E-state index contributed by atoms with van der Waals surface area (Å²) in [7, 11) is 1.77. The molecule has 0 unspecified atom stereocenters. The van der Waals surface area contributed by atoms with E-state index in [2.05, 4.69) is 75.9 Å². The Balaban J connectivity index is 1.35. The van der Waals surface area contributed by atoms with Gasteiger partial charge in [-0.3, -0.25) is 4.79 Å². The smallest absolute Gasteiger partial charge is 0.329 e. The van der Waals surface area contributed by atoms with E-state index in [1.807, 2.05) is 48.5 Å². The van der Waals surface area contributed by atoms with Crippen molar-refractivity contribution in [1.29, 1.82) is 0 Å². The van der Waals surface area contributed by atoms with E-state index in [-0.39, 0.29) is 23.5 Å². The molecule has 1 heterocycles. The van der Waals surface area contributed by atoms with Gasteiger partial charge in [0.1, 0.15) is 17.9 Å². The van der Waals surface area contributed by atoms with E-state index < -0.39 is 32.4 Å². The lowest BCUT2D eigenvalue weighted by Crippen LogP contribution is -2.68. The van der Waals surface area contributed by atoms with Gasteiger partial charge >= 0.3 is 14.3 Å². The summed E-state index contributed by atoms with van der Waals surface area (Å²) in [6.45, 7) is 11.7. The lowest BCUT2D eigenvalue weighted by Gasteiger charge is -2.43. The molecule has 61 heavy (non-hydrogen) atoms. The Bertz CT molecular complexity index is 1990. The third kappa shape index (κ3) is 10.5. The average molecular weight is 848 g/mol. The zero-order chi connectivity index (χ0) is 43.4. The SMILES string of the molecule is C=CC[C@@H](COCc1ccc(OC)cc1)OC(=O)[C@@H]1CCCCN1C(=O)[C@H](c1cc(OC)c(OC)c(O[Si](c2ccccc2)(c2ccccc2)C(C)(C)C)c1)C1CCCCC1. The van der Waals surface area contributed by atoms with Crippen LogP contribution >= 0.6 is 0 Å². The van der Waals surface area contributed by atoms with Gasteiger partial charge in [0.15, 0.2) is 11.5 Å². The van der Waals surface area contributed by atoms with Crippen molar-refractivity contribution in [2.45, 2.75) is 108 Å². The lowest BCUT2D eigenvalue weighted by molar-refractivity contribution is -0.164. The normalized spacial score (nSPS) is 17.1. The van der Waals surface area contributed by atoms with Gasteiger partial charge in [0.2, 0.25) is 11.7 Å². The Hall–Kier alpha value is -5.06. The fourth-order valence-electron chi connectivity index (χ4n) is 9.33. The maximum Gasteiger partial charge on any atom is 0.329 e. The van der Waals surface area contributed by atoms with Crippen LogP contribution in [-0.4, -0.2) is 71.7 Å². The van der Waals surface area contributed by atoms with E-state index in [0.717, 1.165) is 72.2 Å². The number of nitrogens with zero attached hydrogens (tertiary/aromatic N) is 1. The predicted molar refractivity (Wildman–Crippen MR) is 244 cm³/mol. The zero-order valence-corrected chi connectivity index (χ0v) is 38.0. The summed E-state index contributed by atoms with van der Waals surface area (Å²) in [5.41, 5.74) is 1.79. The second-order valence-electron chi connectivity index (χ2n) is 17.4. The van der Waals surface area contributed by atoms with Crippen molar-refractivity contribution < 1.29 is 37.7 Å². The Kier molecular flexibility index (Phi) is 15.8. The second kappa shape index (κ2) is 21.1. The van der Waals surface area contributed by atoms with Crippen LogP contribution in [0.2, 0.25) is 5.04 Å². The molecule has 0 bridgehead atoms. The number of hydrogen-bond donors (Lipinski definition) is 0. The van der Waals surface area contributed by atoms with Crippen LogP contribution in [0.3, 0.4) is 0 Å². The summed E-state index contributed by atoms with van der Waals surface area (Å²) >= 11 is 0. The molecule has 0 radical (unpaired) electrons. The van der Waals surface area contributed by atoms with Crippen LogP contribution in [0.5, 0.6) is 23.0 Å². The molecule has 1 saturated heterocycles. The first kappa shape index (κ1) is 45.5. The van der Waals surface area contributed by atoms with Gasteiger partial charge in [-0.05, 0) is 88.8 Å². The highest BCUT2D eigenvalue weighted by molar-refractivity contribution is 7.00. The average Bonchev–Trinajstić information content (AvgIpc) is 3.28. The van der Waals surface area contributed by atoms with E-state index in [9.17, 15) is 4.79 Å². The molecule has 1 amide bonds. The highest BCUT2D eigenvalue weighted by atomic mass is 28.4. The van der Waals surface area contributed by atoms with Gasteiger partial charge < -0.3 is 33.0 Å². The second-order valence-corrected chi connectivity index (χ2v) is 21.6. The molecule has 1 aliphatic carbocycles. The Labute approximate surface area is 364 Å². The lowest BCUT2D eigenvalue weighted by atomic mass is 9.75. The van der Waals surface area contributed by atoms with Crippen LogP contribution in [0, 0.1) is 5.92 Å². The molecule has 9 nitrogen and oxygen atoms in total. The molecule has 10 heteroatoms. The first-order valence-electron chi connectivity index (χ1n) is 21.9. The van der Waals surface area contributed by atoms with Crippen molar-refractivity contribution in [3.8, 4) is 23.0 Å². The van der Waals surface area contributed by atoms with Crippen molar-refractivity contribution >= 4 is 30.6 Å². The molecule has 0 spiro atoms. The Morgan fingerprint density at radius 1 is 0.787 bits per heavy atom. The van der Waals surface area contributed by atoms with E-state index >= 15 is 4.79 Å². The molecule has 1 saturated carbocycles. The summed E-state index contributed by atoms with van der Waals surface area (Å²) in [4.78, 5) is 31.4. The number of piperidine rings is 1. The number of benzene rings is 4. The Morgan fingerprint density at radius 3 is 1.98 bits per heavy atom. The topological polar surface area (TPSA) is 92.8 Å². The quantitative estimate of drug-likeness (QED) is 0.0556. The van der Waals surface area contributed by atoms with Crippen LogP contribution in [0.25, 0.3) is 0 Å². The fourth-order valence-corrected chi connectivity index (χ4v) is 13.7. The first-order valence-corrected chi connectivity index (χ1v) is 23.8. The van der Waals surface area contributed by atoms with E-state index in [4.69, 9.17) is 28.1 Å². The third-order valence-electron chi connectivity index (χ3n) is 12.4. The molecule has 0 aromatic heterocycles. The molecule has 2 fully saturated rings. The summed E-state index contributed by atoms with van der Waals surface area (Å²) in [6, 6.07) is 31.9. The number of carbonyl (C=O) groups is 2. The van der Waals surface area contributed by atoms with Crippen molar-refractivity contribution in [3.05, 3.63) is 121 Å². The minimum Gasteiger partial charge on any atom is -0.531 e. The highest BCUT2D eigenvalue weighted by Gasteiger charge is 2.53. The number of esters is 1. The van der Waals surface area contributed by atoms with Gasteiger partial charge in [-0.25, -0.2) is 4.79 Å². The molecule has 0 N–H and O–H groups in total. The molecule has 6 rings (SSSR count). The largest absolute Gasteiger partial charge is 0.531 e. The van der Waals surface area contributed by atoms with Crippen LogP contribution in [0.1, 0.15) is 95.6 Å². The van der Waals surface area contributed by atoms with E-state index in [1.54, 1.807) is 32.3 Å². The Morgan fingerprint density at radius 2 is 1.41 bits per heavy atom. The maximum atomic E-state index is 15.4. The zero-order valence-electron chi connectivity index (χ0n) is 37.0. The number of carbonyl (C=O) groups excluding carboxylic acids is 2. The number of methoxy groups -OCH3 is 3. The van der Waals surface area contributed by atoms with Gasteiger partial charge in [-0.1, -0.05) is 119 Å². The number of amides is 1. The van der Waals surface area contributed by atoms with Crippen molar-refractivity contribution in [1.82, 2.24) is 4.90 Å².